The third-order valence-electron chi connectivity index (χ3n) is 8.03. The van der Waals surface area contributed by atoms with Gasteiger partial charge in [-0.1, -0.05) is 67.8 Å². The Morgan fingerprint density at radius 2 is 1.79 bits per heavy atom. The second-order valence-corrected chi connectivity index (χ2v) is 10.7. The molecule has 1 saturated carbocycles. The number of aromatic nitrogens is 1. The van der Waals surface area contributed by atoms with Gasteiger partial charge in [-0.3, -0.25) is 4.79 Å². The Kier molecular flexibility index (Phi) is 8.76. The smallest absolute Gasteiger partial charge is 0.222 e. The average Bonchev–Trinajstić information content (AvgIpc) is 2.98. The Balaban J connectivity index is 1.27. The van der Waals surface area contributed by atoms with Crippen LogP contribution in [-0.4, -0.2) is 46.3 Å². The van der Waals surface area contributed by atoms with E-state index in [-0.39, 0.29) is 11.9 Å². The highest BCUT2D eigenvalue weighted by molar-refractivity contribution is 5.84. The van der Waals surface area contributed by atoms with Gasteiger partial charge in [0.2, 0.25) is 11.8 Å². The summed E-state index contributed by atoms with van der Waals surface area (Å²) < 4.78 is 5.98. The summed E-state index contributed by atoms with van der Waals surface area (Å²) in [7, 11) is 1.91. The van der Waals surface area contributed by atoms with Crippen molar-refractivity contribution in [2.75, 3.05) is 13.6 Å². The number of carbonyl (C=O) groups is 1. The van der Waals surface area contributed by atoms with E-state index in [0.717, 1.165) is 49.2 Å². The summed E-state index contributed by atoms with van der Waals surface area (Å²) >= 11 is 0. The molecular weight excluding hydrogens is 486 g/mol. The first kappa shape index (κ1) is 26.7. The summed E-state index contributed by atoms with van der Waals surface area (Å²) in [5, 5.41) is 0. The molecule has 1 aliphatic carbocycles. The van der Waals surface area contributed by atoms with Crippen molar-refractivity contribution in [3.63, 3.8) is 0 Å². The summed E-state index contributed by atoms with van der Waals surface area (Å²) in [5.41, 5.74) is 9.63. The predicted molar refractivity (Wildman–Crippen MR) is 155 cm³/mol. The number of guanidine groups is 1. The van der Waals surface area contributed by atoms with E-state index in [1.165, 1.54) is 24.8 Å². The first-order valence-electron chi connectivity index (χ1n) is 14.2. The minimum Gasteiger partial charge on any atom is -0.439 e. The minimum absolute atomic E-state index is 0.167. The maximum atomic E-state index is 13.2. The average molecular weight is 526 g/mol. The molecule has 0 saturated heterocycles. The highest BCUT2D eigenvalue weighted by Crippen LogP contribution is 2.36. The fourth-order valence-corrected chi connectivity index (χ4v) is 5.79. The quantitative estimate of drug-likeness (QED) is 0.348. The van der Waals surface area contributed by atoms with Gasteiger partial charge in [0.25, 0.3) is 0 Å². The number of carbonyl (C=O) groups excluding carboxylic acids is 1. The van der Waals surface area contributed by atoms with Crippen LogP contribution >= 0.6 is 0 Å². The maximum Gasteiger partial charge on any atom is 0.222 e. The molecule has 0 bridgehead atoms. The van der Waals surface area contributed by atoms with Gasteiger partial charge in [0.1, 0.15) is 5.75 Å². The van der Waals surface area contributed by atoms with Crippen molar-refractivity contribution in [1.29, 1.82) is 0 Å². The van der Waals surface area contributed by atoms with Gasteiger partial charge in [-0.05, 0) is 49.3 Å². The van der Waals surface area contributed by atoms with Crippen LogP contribution in [0.1, 0.15) is 56.1 Å². The van der Waals surface area contributed by atoms with E-state index >= 15 is 0 Å². The number of hydrogen-bond donors (Lipinski definition) is 1. The lowest BCUT2D eigenvalue weighted by atomic mass is 9.81. The van der Waals surface area contributed by atoms with Crippen molar-refractivity contribution in [3.8, 4) is 11.6 Å². The second-order valence-electron chi connectivity index (χ2n) is 10.7. The van der Waals surface area contributed by atoms with E-state index in [9.17, 15) is 4.79 Å². The number of ether oxygens (including phenoxy) is 1. The topological polar surface area (TPSA) is 84.0 Å². The lowest BCUT2D eigenvalue weighted by Gasteiger charge is -2.41. The molecule has 2 aliphatic rings. The highest BCUT2D eigenvalue weighted by Gasteiger charge is 2.33. The molecule has 1 atom stereocenters. The number of pyridine rings is 1. The lowest BCUT2D eigenvalue weighted by Crippen LogP contribution is -2.49. The molecule has 1 unspecified atom stereocenters. The normalized spacial score (nSPS) is 16.2. The van der Waals surface area contributed by atoms with E-state index in [1.807, 2.05) is 66.5 Å². The number of likely N-dealkylation sites (N-methyl/N-ethyl adjacent to an activating group) is 1. The molecule has 2 N–H and O–H groups in total. The van der Waals surface area contributed by atoms with Crippen molar-refractivity contribution in [2.24, 2.45) is 16.6 Å². The third kappa shape index (κ3) is 6.96. The van der Waals surface area contributed by atoms with Gasteiger partial charge in [-0.2, -0.15) is 0 Å². The van der Waals surface area contributed by atoms with Gasteiger partial charge in [-0.15, -0.1) is 0 Å². The number of benzene rings is 2. The zero-order valence-corrected chi connectivity index (χ0v) is 22.8. The number of para-hydroxylation sites is 1. The van der Waals surface area contributed by atoms with E-state index < -0.39 is 0 Å². The summed E-state index contributed by atoms with van der Waals surface area (Å²) in [5.74, 6) is 2.48. The fraction of sp³-hybridized carbons (Fsp3) is 0.406. The number of hydrogen-bond acceptors (Lipinski definition) is 6. The summed E-state index contributed by atoms with van der Waals surface area (Å²) in [6, 6.07) is 22.1. The van der Waals surface area contributed by atoms with Crippen LogP contribution < -0.4 is 10.5 Å². The van der Waals surface area contributed by atoms with E-state index in [0.29, 0.717) is 30.7 Å². The molecular formula is C32H39N5O2. The van der Waals surface area contributed by atoms with Gasteiger partial charge in [0, 0.05) is 44.2 Å². The van der Waals surface area contributed by atoms with Gasteiger partial charge >= 0.3 is 0 Å². The highest BCUT2D eigenvalue weighted by atomic mass is 16.5. The lowest BCUT2D eigenvalue weighted by molar-refractivity contribution is -0.130. The fourth-order valence-electron chi connectivity index (χ4n) is 5.79. The number of aliphatic imine (C=N–C) groups is 1. The molecule has 5 rings (SSSR count). The van der Waals surface area contributed by atoms with Crippen molar-refractivity contribution in [2.45, 2.75) is 64.0 Å². The van der Waals surface area contributed by atoms with Gasteiger partial charge < -0.3 is 20.3 Å². The zero-order chi connectivity index (χ0) is 27.0. The second kappa shape index (κ2) is 12.8. The first-order chi connectivity index (χ1) is 19.1. The van der Waals surface area contributed by atoms with Crippen molar-refractivity contribution in [1.82, 2.24) is 14.8 Å². The molecule has 1 aliphatic heterocycles. The third-order valence-corrected chi connectivity index (χ3v) is 8.03. The largest absolute Gasteiger partial charge is 0.439 e. The van der Waals surface area contributed by atoms with Crippen molar-refractivity contribution in [3.05, 3.63) is 84.1 Å². The molecule has 1 aromatic heterocycles. The SMILES string of the molecule is CN(CCc1ccccc1)C(=O)CCC(C1CCCCC1)N1Cc2cc(Oc3ccccc3)ncc2N=C1N. The molecule has 2 aromatic carbocycles. The number of nitrogens with zero attached hydrogens (tertiary/aromatic N) is 4. The van der Waals surface area contributed by atoms with Crippen molar-refractivity contribution < 1.29 is 9.53 Å². The summed E-state index contributed by atoms with van der Waals surface area (Å²) in [6.07, 6.45) is 9.93. The number of nitrogens with two attached hydrogens (primary N) is 1. The van der Waals surface area contributed by atoms with Crippen LogP contribution in [0.2, 0.25) is 0 Å². The Labute approximate surface area is 231 Å². The van der Waals surface area contributed by atoms with E-state index in [4.69, 9.17) is 15.5 Å². The monoisotopic (exact) mass is 525 g/mol. The Bertz CT molecular complexity index is 1260. The van der Waals surface area contributed by atoms with Gasteiger partial charge in [-0.25, -0.2) is 9.98 Å². The molecule has 1 fully saturated rings. The maximum absolute atomic E-state index is 13.2. The van der Waals surface area contributed by atoms with E-state index in [2.05, 4.69) is 22.0 Å². The molecule has 7 nitrogen and oxygen atoms in total. The van der Waals surface area contributed by atoms with Crippen molar-refractivity contribution >= 4 is 17.6 Å². The molecule has 2 heterocycles. The molecule has 3 aromatic rings. The first-order valence-corrected chi connectivity index (χ1v) is 14.2. The van der Waals surface area contributed by atoms with Crippen LogP contribution in [0.25, 0.3) is 0 Å². The molecule has 39 heavy (non-hydrogen) atoms. The Morgan fingerprint density at radius 1 is 1.08 bits per heavy atom. The number of amides is 1. The van der Waals surface area contributed by atoms with Crippen LogP contribution in [0.3, 0.4) is 0 Å². The Hall–Kier alpha value is -3.87. The molecule has 7 heteroatoms. The van der Waals surface area contributed by atoms with Gasteiger partial charge in [0.15, 0.2) is 5.96 Å². The standard InChI is InChI=1S/C32H39N5O2/c1-36(20-19-24-11-5-2-6-12-24)31(38)18-17-29(25-13-7-3-8-14-25)37-23-26-21-30(34-22-28(26)35-32(37)33)39-27-15-9-4-10-16-27/h2,4-6,9-12,15-16,21-22,25,29H,3,7-8,13-14,17-20,23H2,1H3,(H2,33,35). The Morgan fingerprint density at radius 3 is 2.54 bits per heavy atom. The molecule has 0 radical (unpaired) electrons. The zero-order valence-electron chi connectivity index (χ0n) is 22.8. The molecule has 1 amide bonds. The van der Waals surface area contributed by atoms with Gasteiger partial charge in [0.05, 0.1) is 11.9 Å². The predicted octanol–water partition coefficient (Wildman–Crippen LogP) is 6.07. The van der Waals surface area contributed by atoms with Crippen LogP contribution in [0.15, 0.2) is 77.9 Å². The van der Waals surface area contributed by atoms with Crippen LogP contribution in [0.5, 0.6) is 11.6 Å². The van der Waals surface area contributed by atoms with E-state index in [1.54, 1.807) is 6.20 Å². The summed E-state index contributed by atoms with van der Waals surface area (Å²) in [4.78, 5) is 26.4. The van der Waals surface area contributed by atoms with Crippen LogP contribution in [0.4, 0.5) is 5.69 Å². The molecule has 0 spiro atoms. The van der Waals surface area contributed by atoms with Crippen LogP contribution in [0, 0.1) is 5.92 Å². The number of rotatable bonds is 10. The van der Waals surface area contributed by atoms with Crippen LogP contribution in [-0.2, 0) is 17.8 Å². The number of fused-ring (bicyclic) bond motifs is 1. The molecule has 204 valence electrons. The summed E-state index contributed by atoms with van der Waals surface area (Å²) in [6.45, 7) is 1.35. The minimum atomic E-state index is 0.167.